The van der Waals surface area contributed by atoms with Crippen molar-refractivity contribution < 1.29 is 13.5 Å². The summed E-state index contributed by atoms with van der Waals surface area (Å²) >= 11 is 1.53. The molecule has 0 spiro atoms. The number of hydrogen-bond donors (Lipinski definition) is 2. The molecule has 2 aromatic rings. The standard InChI is InChI=1S/C14H17NO3S2/c1-10-5-6-19-13(10)8-15-20(17,18)14-7-12(9-16)4-3-11(14)2/h3-7,15-16H,8-9H2,1-2H3. The zero-order chi connectivity index (χ0) is 14.8. The van der Waals surface area contributed by atoms with Gasteiger partial charge in [0.2, 0.25) is 10.0 Å². The van der Waals surface area contributed by atoms with Crippen LogP contribution in [0.15, 0.2) is 34.5 Å². The smallest absolute Gasteiger partial charge is 0.241 e. The third-order valence-electron chi connectivity index (χ3n) is 3.12. The van der Waals surface area contributed by atoms with E-state index in [-0.39, 0.29) is 18.0 Å². The average Bonchev–Trinajstić information content (AvgIpc) is 2.82. The normalized spacial score (nSPS) is 11.8. The van der Waals surface area contributed by atoms with E-state index in [0.717, 1.165) is 10.4 Å². The molecule has 0 saturated carbocycles. The number of thiophene rings is 1. The highest BCUT2D eigenvalue weighted by atomic mass is 32.2. The summed E-state index contributed by atoms with van der Waals surface area (Å²) in [6, 6.07) is 6.90. The molecular weight excluding hydrogens is 294 g/mol. The van der Waals surface area contributed by atoms with Gasteiger partial charge in [-0.05, 0) is 48.1 Å². The summed E-state index contributed by atoms with van der Waals surface area (Å²) in [5, 5.41) is 11.1. The molecule has 0 fully saturated rings. The minimum absolute atomic E-state index is 0.174. The third kappa shape index (κ3) is 3.27. The van der Waals surface area contributed by atoms with Gasteiger partial charge in [-0.1, -0.05) is 12.1 Å². The van der Waals surface area contributed by atoms with E-state index in [9.17, 15) is 8.42 Å². The van der Waals surface area contributed by atoms with Crippen molar-refractivity contribution in [2.45, 2.75) is 31.9 Å². The van der Waals surface area contributed by atoms with Crippen LogP contribution < -0.4 is 4.72 Å². The second-order valence-corrected chi connectivity index (χ2v) is 7.35. The molecule has 0 bridgehead atoms. The van der Waals surface area contributed by atoms with E-state index in [1.807, 2.05) is 18.4 Å². The molecule has 1 aromatic heterocycles. The van der Waals surface area contributed by atoms with Crippen LogP contribution in [-0.2, 0) is 23.2 Å². The monoisotopic (exact) mass is 311 g/mol. The van der Waals surface area contributed by atoms with Gasteiger partial charge in [0, 0.05) is 11.4 Å². The van der Waals surface area contributed by atoms with Crippen molar-refractivity contribution in [1.82, 2.24) is 4.72 Å². The van der Waals surface area contributed by atoms with Gasteiger partial charge < -0.3 is 5.11 Å². The Bertz CT molecular complexity index is 705. The lowest BCUT2D eigenvalue weighted by Gasteiger charge is -2.10. The maximum atomic E-state index is 12.3. The second-order valence-electron chi connectivity index (χ2n) is 4.61. The zero-order valence-electron chi connectivity index (χ0n) is 11.4. The van der Waals surface area contributed by atoms with Gasteiger partial charge in [0.05, 0.1) is 11.5 Å². The fourth-order valence-corrected chi connectivity index (χ4v) is 4.08. The molecule has 1 heterocycles. The van der Waals surface area contributed by atoms with Crippen molar-refractivity contribution in [2.24, 2.45) is 0 Å². The van der Waals surface area contributed by atoms with Crippen LogP contribution in [0.1, 0.15) is 21.6 Å². The highest BCUT2D eigenvalue weighted by Crippen LogP contribution is 2.19. The summed E-state index contributed by atoms with van der Waals surface area (Å²) in [4.78, 5) is 1.22. The minimum Gasteiger partial charge on any atom is -0.392 e. The summed E-state index contributed by atoms with van der Waals surface area (Å²) in [6.07, 6.45) is 0. The third-order valence-corrected chi connectivity index (χ3v) is 5.68. The van der Waals surface area contributed by atoms with E-state index < -0.39 is 10.0 Å². The number of aliphatic hydroxyl groups is 1. The first-order valence-corrected chi connectivity index (χ1v) is 8.53. The lowest BCUT2D eigenvalue weighted by atomic mass is 10.2. The summed E-state index contributed by atoms with van der Waals surface area (Å²) in [5.41, 5.74) is 2.33. The van der Waals surface area contributed by atoms with Crippen molar-refractivity contribution in [3.05, 3.63) is 51.2 Å². The van der Waals surface area contributed by atoms with Gasteiger partial charge in [0.15, 0.2) is 0 Å². The Kier molecular flexibility index (Phi) is 4.59. The average molecular weight is 311 g/mol. The Labute approximate surface area is 123 Å². The Morgan fingerprint density at radius 3 is 2.55 bits per heavy atom. The number of nitrogens with one attached hydrogen (secondary N) is 1. The predicted octanol–water partition coefficient (Wildman–Crippen LogP) is 2.34. The maximum absolute atomic E-state index is 12.3. The topological polar surface area (TPSA) is 66.4 Å². The van der Waals surface area contributed by atoms with Crippen LogP contribution >= 0.6 is 11.3 Å². The molecular formula is C14H17NO3S2. The Hall–Kier alpha value is -1.21. The summed E-state index contributed by atoms with van der Waals surface area (Å²) < 4.78 is 27.3. The lowest BCUT2D eigenvalue weighted by molar-refractivity contribution is 0.281. The highest BCUT2D eigenvalue weighted by Gasteiger charge is 2.17. The number of rotatable bonds is 5. The fraction of sp³-hybridized carbons (Fsp3) is 0.286. The number of aliphatic hydroxyl groups excluding tert-OH is 1. The number of sulfonamides is 1. The summed E-state index contributed by atoms with van der Waals surface area (Å²) in [6.45, 7) is 3.81. The quantitative estimate of drug-likeness (QED) is 0.890. The van der Waals surface area contributed by atoms with Crippen molar-refractivity contribution in [3.63, 3.8) is 0 Å². The molecule has 1 aromatic carbocycles. The second kappa shape index (κ2) is 6.05. The van der Waals surface area contributed by atoms with Crippen LogP contribution in [0, 0.1) is 13.8 Å². The molecule has 0 saturated heterocycles. The first-order valence-electron chi connectivity index (χ1n) is 6.17. The highest BCUT2D eigenvalue weighted by molar-refractivity contribution is 7.89. The van der Waals surface area contributed by atoms with E-state index in [2.05, 4.69) is 4.72 Å². The molecule has 0 radical (unpaired) electrons. The van der Waals surface area contributed by atoms with E-state index in [1.54, 1.807) is 19.1 Å². The molecule has 0 aliphatic carbocycles. The van der Waals surface area contributed by atoms with E-state index in [0.29, 0.717) is 11.1 Å². The van der Waals surface area contributed by atoms with E-state index >= 15 is 0 Å². The molecule has 0 amide bonds. The molecule has 0 unspecified atom stereocenters. The van der Waals surface area contributed by atoms with Gasteiger partial charge in [0.1, 0.15) is 0 Å². The largest absolute Gasteiger partial charge is 0.392 e. The first kappa shape index (κ1) is 15.2. The van der Waals surface area contributed by atoms with Gasteiger partial charge in [-0.3, -0.25) is 0 Å². The number of aryl methyl sites for hydroxylation is 2. The van der Waals surface area contributed by atoms with Gasteiger partial charge in [-0.2, -0.15) is 0 Å². The van der Waals surface area contributed by atoms with Gasteiger partial charge in [-0.25, -0.2) is 13.1 Å². The van der Waals surface area contributed by atoms with Crippen LogP contribution in [0.2, 0.25) is 0 Å². The maximum Gasteiger partial charge on any atom is 0.241 e. The van der Waals surface area contributed by atoms with Gasteiger partial charge in [0.25, 0.3) is 0 Å². The molecule has 108 valence electrons. The van der Waals surface area contributed by atoms with Crippen molar-refractivity contribution in [3.8, 4) is 0 Å². The molecule has 2 N–H and O–H groups in total. The number of hydrogen-bond acceptors (Lipinski definition) is 4. The molecule has 2 rings (SSSR count). The Balaban J connectivity index is 2.24. The Morgan fingerprint density at radius 2 is 1.95 bits per heavy atom. The van der Waals surface area contributed by atoms with Crippen molar-refractivity contribution in [1.29, 1.82) is 0 Å². The number of benzene rings is 1. The Morgan fingerprint density at radius 1 is 1.20 bits per heavy atom. The van der Waals surface area contributed by atoms with Crippen LogP contribution in [-0.4, -0.2) is 13.5 Å². The molecule has 20 heavy (non-hydrogen) atoms. The van der Waals surface area contributed by atoms with Crippen molar-refractivity contribution in [2.75, 3.05) is 0 Å². The molecule has 0 aliphatic heterocycles. The van der Waals surface area contributed by atoms with Crippen LogP contribution in [0.3, 0.4) is 0 Å². The molecule has 0 aliphatic rings. The molecule has 4 nitrogen and oxygen atoms in total. The minimum atomic E-state index is -3.57. The van der Waals surface area contributed by atoms with Gasteiger partial charge >= 0.3 is 0 Å². The lowest BCUT2D eigenvalue weighted by Crippen LogP contribution is -2.24. The van der Waals surface area contributed by atoms with Crippen LogP contribution in [0.25, 0.3) is 0 Å². The van der Waals surface area contributed by atoms with Crippen LogP contribution in [0.4, 0.5) is 0 Å². The van der Waals surface area contributed by atoms with Gasteiger partial charge in [-0.15, -0.1) is 11.3 Å². The van der Waals surface area contributed by atoms with Crippen LogP contribution in [0.5, 0.6) is 0 Å². The predicted molar refractivity (Wildman–Crippen MR) is 80.2 cm³/mol. The summed E-state index contributed by atoms with van der Waals surface area (Å²) in [7, 11) is -3.57. The summed E-state index contributed by atoms with van der Waals surface area (Å²) in [5.74, 6) is 0. The zero-order valence-corrected chi connectivity index (χ0v) is 13.0. The fourth-order valence-electron chi connectivity index (χ4n) is 1.86. The SMILES string of the molecule is Cc1ccc(CO)cc1S(=O)(=O)NCc1sccc1C. The van der Waals surface area contributed by atoms with E-state index in [1.165, 1.54) is 17.4 Å². The van der Waals surface area contributed by atoms with E-state index in [4.69, 9.17) is 5.11 Å². The first-order chi connectivity index (χ1) is 9.44. The van der Waals surface area contributed by atoms with Crippen molar-refractivity contribution >= 4 is 21.4 Å². The molecule has 6 heteroatoms. The molecule has 0 atom stereocenters.